The van der Waals surface area contributed by atoms with Gasteiger partial charge in [-0.25, -0.2) is 0 Å². The second kappa shape index (κ2) is 10.7. The zero-order chi connectivity index (χ0) is 13.1. The molecule has 1 amide bonds. The Bertz CT molecular complexity index is 216. The Labute approximate surface area is 116 Å². The van der Waals surface area contributed by atoms with Crippen LogP contribution in [0.3, 0.4) is 0 Å². The fourth-order valence-electron chi connectivity index (χ4n) is 2.43. The minimum Gasteiger partial charge on any atom is -0.355 e. The molecule has 1 fully saturated rings. The Morgan fingerprint density at radius 3 is 2.56 bits per heavy atom. The molecule has 106 valence electrons. The Morgan fingerprint density at radius 2 is 1.89 bits per heavy atom. The predicted molar refractivity (Wildman–Crippen MR) is 80.1 cm³/mol. The van der Waals surface area contributed by atoms with E-state index in [1.165, 1.54) is 38.5 Å². The molecule has 1 aliphatic carbocycles. The Morgan fingerprint density at radius 1 is 1.17 bits per heavy atom. The van der Waals surface area contributed by atoms with Crippen LogP contribution in [0, 0.1) is 0 Å². The largest absolute Gasteiger partial charge is 0.355 e. The van der Waals surface area contributed by atoms with Crippen LogP contribution in [0.2, 0.25) is 0 Å². The Balaban J connectivity index is 1.95. The van der Waals surface area contributed by atoms with Crippen LogP contribution in [0.5, 0.6) is 0 Å². The van der Waals surface area contributed by atoms with Crippen LogP contribution in [0.4, 0.5) is 0 Å². The summed E-state index contributed by atoms with van der Waals surface area (Å²) in [6, 6.07) is 0.681. The molecule has 0 atom stereocenters. The topological polar surface area (TPSA) is 41.1 Å². The number of rotatable bonds is 8. The molecule has 0 aromatic rings. The first-order valence-corrected chi connectivity index (χ1v) is 8.71. The third-order valence-corrected chi connectivity index (χ3v) is 4.18. The third-order valence-electron chi connectivity index (χ3n) is 3.49. The summed E-state index contributed by atoms with van der Waals surface area (Å²) in [5.41, 5.74) is 0. The second-order valence-corrected chi connectivity index (χ2v) is 6.07. The van der Waals surface area contributed by atoms with E-state index in [0.29, 0.717) is 12.5 Å². The van der Waals surface area contributed by atoms with Crippen molar-refractivity contribution in [3.8, 4) is 0 Å². The summed E-state index contributed by atoms with van der Waals surface area (Å²) in [5.74, 6) is 1.28. The lowest BCUT2D eigenvalue weighted by Crippen LogP contribution is -2.36. The van der Waals surface area contributed by atoms with E-state index in [9.17, 15) is 4.79 Å². The van der Waals surface area contributed by atoms with Crippen molar-refractivity contribution in [2.45, 2.75) is 57.4 Å². The van der Waals surface area contributed by atoms with E-state index >= 15 is 0 Å². The lowest BCUT2D eigenvalue weighted by molar-refractivity contribution is -0.121. The zero-order valence-electron chi connectivity index (χ0n) is 11.7. The van der Waals surface area contributed by atoms with Gasteiger partial charge >= 0.3 is 0 Å². The molecule has 3 nitrogen and oxygen atoms in total. The summed E-state index contributed by atoms with van der Waals surface area (Å²) in [7, 11) is 0. The molecule has 0 spiro atoms. The van der Waals surface area contributed by atoms with Crippen molar-refractivity contribution in [3.05, 3.63) is 0 Å². The van der Waals surface area contributed by atoms with Crippen molar-refractivity contribution in [3.63, 3.8) is 0 Å². The van der Waals surface area contributed by atoms with E-state index in [-0.39, 0.29) is 5.91 Å². The third kappa shape index (κ3) is 7.98. The molecule has 0 aromatic carbocycles. The number of hydrogen-bond donors (Lipinski definition) is 2. The highest BCUT2D eigenvalue weighted by Crippen LogP contribution is 2.16. The maximum absolute atomic E-state index is 11.5. The number of carbonyl (C=O) groups is 1. The van der Waals surface area contributed by atoms with Gasteiger partial charge in [0.1, 0.15) is 0 Å². The highest BCUT2D eigenvalue weighted by atomic mass is 32.2. The lowest BCUT2D eigenvalue weighted by Gasteiger charge is -2.16. The maximum atomic E-state index is 11.5. The highest BCUT2D eigenvalue weighted by Gasteiger charge is 2.10. The molecule has 1 saturated carbocycles. The number of thioether (sulfide) groups is 1. The van der Waals surface area contributed by atoms with Crippen LogP contribution in [-0.4, -0.2) is 37.0 Å². The lowest BCUT2D eigenvalue weighted by atomic mass is 10.1. The summed E-state index contributed by atoms with van der Waals surface area (Å²) in [6.45, 7) is 1.69. The molecule has 0 unspecified atom stereocenters. The van der Waals surface area contributed by atoms with E-state index in [1.54, 1.807) is 11.8 Å². The van der Waals surface area contributed by atoms with Gasteiger partial charge in [-0.15, -0.1) is 0 Å². The van der Waals surface area contributed by atoms with Crippen LogP contribution >= 0.6 is 11.8 Å². The van der Waals surface area contributed by atoms with E-state index in [4.69, 9.17) is 0 Å². The quantitative estimate of drug-likeness (QED) is 0.527. The summed E-state index contributed by atoms with van der Waals surface area (Å²) in [5, 5.41) is 6.55. The van der Waals surface area contributed by atoms with Crippen LogP contribution in [-0.2, 0) is 4.79 Å². The number of carbonyl (C=O) groups excluding carboxylic acids is 1. The molecule has 0 saturated heterocycles. The van der Waals surface area contributed by atoms with Crippen molar-refractivity contribution >= 4 is 17.7 Å². The molecule has 0 heterocycles. The van der Waals surface area contributed by atoms with Crippen LogP contribution in [0.1, 0.15) is 51.4 Å². The summed E-state index contributed by atoms with van der Waals surface area (Å²) >= 11 is 1.80. The van der Waals surface area contributed by atoms with Crippen LogP contribution < -0.4 is 10.6 Å². The van der Waals surface area contributed by atoms with Gasteiger partial charge in [0.15, 0.2) is 0 Å². The fraction of sp³-hybridized carbons (Fsp3) is 0.929. The summed E-state index contributed by atoms with van der Waals surface area (Å²) in [4.78, 5) is 11.5. The van der Waals surface area contributed by atoms with Gasteiger partial charge in [-0.3, -0.25) is 4.79 Å². The van der Waals surface area contributed by atoms with Gasteiger partial charge in [0.2, 0.25) is 5.91 Å². The van der Waals surface area contributed by atoms with Crippen molar-refractivity contribution in [1.29, 1.82) is 0 Å². The van der Waals surface area contributed by atoms with Crippen LogP contribution in [0.15, 0.2) is 0 Å². The average molecular weight is 272 g/mol. The van der Waals surface area contributed by atoms with Gasteiger partial charge in [0.25, 0.3) is 0 Å². The first kappa shape index (κ1) is 15.8. The highest BCUT2D eigenvalue weighted by molar-refractivity contribution is 7.98. The van der Waals surface area contributed by atoms with E-state index in [1.807, 2.05) is 0 Å². The Hall–Kier alpha value is -0.220. The zero-order valence-corrected chi connectivity index (χ0v) is 12.5. The van der Waals surface area contributed by atoms with Crippen LogP contribution in [0.25, 0.3) is 0 Å². The van der Waals surface area contributed by atoms with Gasteiger partial charge in [0, 0.05) is 25.6 Å². The second-order valence-electron chi connectivity index (χ2n) is 5.09. The maximum Gasteiger partial charge on any atom is 0.220 e. The number of hydrogen-bond acceptors (Lipinski definition) is 3. The SMILES string of the molecule is CSCCCC(=O)NCCNC1CCCCCC1. The molecule has 1 rings (SSSR count). The van der Waals surface area contributed by atoms with Gasteiger partial charge in [-0.05, 0) is 31.3 Å². The molecule has 4 heteroatoms. The standard InChI is InChI=1S/C14H28N2OS/c1-18-12-6-9-14(17)16-11-10-15-13-7-4-2-3-5-8-13/h13,15H,2-12H2,1H3,(H,16,17). The van der Waals surface area contributed by atoms with Crippen molar-refractivity contribution in [2.24, 2.45) is 0 Å². The van der Waals surface area contributed by atoms with Crippen molar-refractivity contribution < 1.29 is 4.79 Å². The van der Waals surface area contributed by atoms with E-state index in [0.717, 1.165) is 25.3 Å². The van der Waals surface area contributed by atoms with Crippen molar-refractivity contribution in [1.82, 2.24) is 10.6 Å². The molecule has 2 N–H and O–H groups in total. The smallest absolute Gasteiger partial charge is 0.220 e. The molecule has 0 radical (unpaired) electrons. The molecule has 0 bridgehead atoms. The average Bonchev–Trinajstić information content (AvgIpc) is 2.63. The normalized spacial score (nSPS) is 17.4. The predicted octanol–water partition coefficient (Wildman–Crippen LogP) is 2.56. The number of amides is 1. The first-order valence-electron chi connectivity index (χ1n) is 7.32. The van der Waals surface area contributed by atoms with Gasteiger partial charge in [0.05, 0.1) is 0 Å². The molecular formula is C14H28N2OS. The molecule has 0 aromatic heterocycles. The Kier molecular flexibility index (Phi) is 9.40. The minimum absolute atomic E-state index is 0.201. The van der Waals surface area contributed by atoms with Gasteiger partial charge in [-0.1, -0.05) is 25.7 Å². The van der Waals surface area contributed by atoms with Gasteiger partial charge < -0.3 is 10.6 Å². The van der Waals surface area contributed by atoms with E-state index < -0.39 is 0 Å². The molecule has 0 aliphatic heterocycles. The minimum atomic E-state index is 0.201. The molecule has 1 aliphatic rings. The van der Waals surface area contributed by atoms with Gasteiger partial charge in [-0.2, -0.15) is 11.8 Å². The van der Waals surface area contributed by atoms with Crippen molar-refractivity contribution in [2.75, 3.05) is 25.1 Å². The molecular weight excluding hydrogens is 244 g/mol. The molecule has 18 heavy (non-hydrogen) atoms. The summed E-state index contributed by atoms with van der Waals surface area (Å²) < 4.78 is 0. The number of nitrogens with one attached hydrogen (secondary N) is 2. The van der Waals surface area contributed by atoms with E-state index in [2.05, 4.69) is 16.9 Å². The monoisotopic (exact) mass is 272 g/mol. The fourth-order valence-corrected chi connectivity index (χ4v) is 2.86. The summed E-state index contributed by atoms with van der Waals surface area (Å²) in [6.07, 6.45) is 11.9. The first-order chi connectivity index (χ1) is 8.83.